The Balaban J connectivity index is 1.15. The predicted molar refractivity (Wildman–Crippen MR) is 110 cm³/mol. The molecule has 3 aliphatic heterocycles. The number of aryl methyl sites for hydroxylation is 1. The summed E-state index contributed by atoms with van der Waals surface area (Å²) in [7, 11) is -1.05. The van der Waals surface area contributed by atoms with Gasteiger partial charge in [0.1, 0.15) is 16.8 Å². The van der Waals surface area contributed by atoms with Gasteiger partial charge in [-0.25, -0.2) is 14.8 Å². The van der Waals surface area contributed by atoms with E-state index in [1.54, 1.807) is 10.9 Å². The third-order valence-corrected chi connectivity index (χ3v) is 8.28. The van der Waals surface area contributed by atoms with Crippen LogP contribution < -0.4 is 10.2 Å². The van der Waals surface area contributed by atoms with Crippen LogP contribution in [0.4, 0.5) is 11.8 Å². The average Bonchev–Trinajstić information content (AvgIpc) is 3.29. The highest BCUT2D eigenvalue weighted by atomic mass is 32.2. The van der Waals surface area contributed by atoms with E-state index in [0.29, 0.717) is 54.2 Å². The summed E-state index contributed by atoms with van der Waals surface area (Å²) in [5.74, 6) is 1.51. The van der Waals surface area contributed by atoms with Crippen LogP contribution in [0.25, 0.3) is 0 Å². The van der Waals surface area contributed by atoms with Crippen molar-refractivity contribution in [1.82, 2.24) is 15.0 Å². The number of esters is 1. The van der Waals surface area contributed by atoms with Crippen molar-refractivity contribution in [2.24, 2.45) is 5.41 Å². The standard InChI is InChI=1S/C19H21N5O4S2/c25-17(14-7-29-10-20-14)28-12-5-24(6-12)18-22-13-1-2-30(26)15(13)16(23-18)21-11-3-19(4-11)8-27-9-19/h7,10-12H,1-6,8-9H2,(H,21,22,23). The number of aromatic nitrogens is 3. The minimum absolute atomic E-state index is 0.202. The van der Waals surface area contributed by atoms with Crippen molar-refractivity contribution in [1.29, 1.82) is 0 Å². The normalized spacial score (nSPS) is 24.7. The summed E-state index contributed by atoms with van der Waals surface area (Å²) in [5, 5.41) is 5.20. The fraction of sp³-hybridized carbons (Fsp3) is 0.579. The molecule has 1 spiro atoms. The predicted octanol–water partition coefficient (Wildman–Crippen LogP) is 1.23. The zero-order chi connectivity index (χ0) is 20.3. The van der Waals surface area contributed by atoms with Crippen LogP contribution in [0.1, 0.15) is 29.0 Å². The Hall–Kier alpha value is -2.11. The van der Waals surface area contributed by atoms with Gasteiger partial charge in [-0.15, -0.1) is 11.3 Å². The molecule has 1 atom stereocenters. The first-order valence-electron chi connectivity index (χ1n) is 10.1. The minimum atomic E-state index is -1.05. The third kappa shape index (κ3) is 3.10. The van der Waals surface area contributed by atoms with Crippen molar-refractivity contribution in [2.45, 2.75) is 36.3 Å². The van der Waals surface area contributed by atoms with Crippen LogP contribution in [0.3, 0.4) is 0 Å². The topological polar surface area (TPSA) is 107 Å². The van der Waals surface area contributed by atoms with E-state index < -0.39 is 16.8 Å². The summed E-state index contributed by atoms with van der Waals surface area (Å²) in [4.78, 5) is 28.2. The first kappa shape index (κ1) is 18.6. The average molecular weight is 448 g/mol. The molecule has 2 saturated heterocycles. The molecule has 0 amide bonds. The van der Waals surface area contributed by atoms with Crippen LogP contribution in [-0.4, -0.2) is 69.3 Å². The smallest absolute Gasteiger partial charge is 0.358 e. The highest BCUT2D eigenvalue weighted by molar-refractivity contribution is 7.85. The number of nitrogens with one attached hydrogen (secondary N) is 1. The molecule has 0 aromatic carbocycles. The van der Waals surface area contributed by atoms with Crippen LogP contribution in [0.15, 0.2) is 15.8 Å². The molecule has 11 heteroatoms. The van der Waals surface area contributed by atoms with Gasteiger partial charge in [-0.05, 0) is 12.8 Å². The highest BCUT2D eigenvalue weighted by Gasteiger charge is 2.50. The van der Waals surface area contributed by atoms with E-state index in [2.05, 4.69) is 15.3 Å². The van der Waals surface area contributed by atoms with Gasteiger partial charge in [0.05, 0.1) is 48.3 Å². The lowest BCUT2D eigenvalue weighted by molar-refractivity contribution is -0.159. The van der Waals surface area contributed by atoms with Gasteiger partial charge in [-0.1, -0.05) is 0 Å². The summed E-state index contributed by atoms with van der Waals surface area (Å²) >= 11 is 1.37. The molecule has 6 rings (SSSR count). The maximum Gasteiger partial charge on any atom is 0.358 e. The van der Waals surface area contributed by atoms with E-state index in [0.717, 1.165) is 36.6 Å². The van der Waals surface area contributed by atoms with Crippen LogP contribution in [0, 0.1) is 5.41 Å². The molecule has 1 saturated carbocycles. The third-order valence-electron chi connectivity index (χ3n) is 6.24. The Bertz CT molecular complexity index is 1010. The van der Waals surface area contributed by atoms with E-state index in [-0.39, 0.29) is 6.10 Å². The molecule has 0 bridgehead atoms. The number of fused-ring (bicyclic) bond motifs is 1. The minimum Gasteiger partial charge on any atom is -0.454 e. The van der Waals surface area contributed by atoms with Gasteiger partial charge in [-0.2, -0.15) is 4.98 Å². The summed E-state index contributed by atoms with van der Waals surface area (Å²) in [5.41, 5.74) is 3.17. The van der Waals surface area contributed by atoms with Crippen molar-refractivity contribution < 1.29 is 18.5 Å². The number of carbonyl (C=O) groups is 1. The van der Waals surface area contributed by atoms with Crippen molar-refractivity contribution >= 4 is 39.9 Å². The molecule has 158 valence electrons. The Kier molecular flexibility index (Phi) is 4.32. The van der Waals surface area contributed by atoms with E-state index in [1.807, 2.05) is 4.90 Å². The number of rotatable bonds is 5. The summed E-state index contributed by atoms with van der Waals surface area (Å²) < 4.78 is 23.4. The number of anilines is 2. The van der Waals surface area contributed by atoms with Gasteiger partial charge in [0, 0.05) is 29.0 Å². The fourth-order valence-corrected chi connectivity index (χ4v) is 6.37. The van der Waals surface area contributed by atoms with Crippen molar-refractivity contribution in [3.05, 3.63) is 22.3 Å². The maximum absolute atomic E-state index is 12.5. The Morgan fingerprint density at radius 2 is 2.17 bits per heavy atom. The van der Waals surface area contributed by atoms with Crippen LogP contribution in [-0.2, 0) is 26.7 Å². The molecule has 0 radical (unpaired) electrons. The lowest BCUT2D eigenvalue weighted by Gasteiger charge is -2.53. The summed E-state index contributed by atoms with van der Waals surface area (Å²) in [6.45, 7) is 2.78. The van der Waals surface area contributed by atoms with Gasteiger partial charge in [-0.3, -0.25) is 4.21 Å². The molecular weight excluding hydrogens is 426 g/mol. The lowest BCUT2D eigenvalue weighted by atomic mass is 9.64. The Morgan fingerprint density at radius 1 is 1.33 bits per heavy atom. The zero-order valence-corrected chi connectivity index (χ0v) is 17.8. The quantitative estimate of drug-likeness (QED) is 0.677. The molecule has 2 aromatic heterocycles. The second-order valence-electron chi connectivity index (χ2n) is 8.50. The van der Waals surface area contributed by atoms with Crippen LogP contribution in [0.2, 0.25) is 0 Å². The molecule has 5 heterocycles. The number of hydrogen-bond acceptors (Lipinski definition) is 10. The fourth-order valence-electron chi connectivity index (χ4n) is 4.53. The second-order valence-corrected chi connectivity index (χ2v) is 10.7. The number of carbonyl (C=O) groups excluding carboxylic acids is 1. The van der Waals surface area contributed by atoms with Crippen LogP contribution in [0.5, 0.6) is 0 Å². The number of ether oxygens (including phenoxy) is 2. The van der Waals surface area contributed by atoms with E-state index >= 15 is 0 Å². The SMILES string of the molecule is O=C(OC1CN(c2nc3c(c(NC4CC5(COC5)C4)n2)S(=O)CC3)C1)c1cscn1. The van der Waals surface area contributed by atoms with Gasteiger partial charge >= 0.3 is 5.97 Å². The Labute approximate surface area is 179 Å². The second kappa shape index (κ2) is 6.96. The molecule has 9 nitrogen and oxygen atoms in total. The zero-order valence-electron chi connectivity index (χ0n) is 16.2. The Morgan fingerprint density at radius 3 is 2.87 bits per heavy atom. The van der Waals surface area contributed by atoms with Gasteiger partial charge in [0.25, 0.3) is 0 Å². The first-order chi connectivity index (χ1) is 14.6. The molecule has 2 aromatic rings. The van der Waals surface area contributed by atoms with Gasteiger partial charge in [0.2, 0.25) is 5.95 Å². The van der Waals surface area contributed by atoms with Crippen LogP contribution >= 0.6 is 11.3 Å². The number of hydrogen-bond donors (Lipinski definition) is 1. The highest BCUT2D eigenvalue weighted by Crippen LogP contribution is 2.48. The monoisotopic (exact) mass is 447 g/mol. The molecule has 4 aliphatic rings. The van der Waals surface area contributed by atoms with E-state index in [9.17, 15) is 9.00 Å². The molecule has 3 fully saturated rings. The summed E-state index contributed by atoms with van der Waals surface area (Å²) in [6.07, 6.45) is 2.62. The van der Waals surface area contributed by atoms with Crippen molar-refractivity contribution in [3.8, 4) is 0 Å². The molecular formula is C19H21N5O4S2. The maximum atomic E-state index is 12.5. The lowest BCUT2D eigenvalue weighted by Crippen LogP contribution is -2.56. The first-order valence-corrected chi connectivity index (χ1v) is 12.3. The van der Waals surface area contributed by atoms with Gasteiger partial charge < -0.3 is 19.7 Å². The van der Waals surface area contributed by atoms with E-state index in [1.165, 1.54) is 11.3 Å². The summed E-state index contributed by atoms with van der Waals surface area (Å²) in [6, 6.07) is 0.335. The number of thiazole rings is 1. The largest absolute Gasteiger partial charge is 0.454 e. The van der Waals surface area contributed by atoms with Crippen molar-refractivity contribution in [2.75, 3.05) is 42.3 Å². The molecule has 30 heavy (non-hydrogen) atoms. The van der Waals surface area contributed by atoms with Gasteiger partial charge in [0.15, 0.2) is 5.69 Å². The number of nitrogens with zero attached hydrogens (tertiary/aromatic N) is 4. The van der Waals surface area contributed by atoms with Crippen molar-refractivity contribution in [3.63, 3.8) is 0 Å². The molecule has 1 unspecified atom stereocenters. The molecule has 1 N–H and O–H groups in total. The molecule has 1 aliphatic carbocycles. The van der Waals surface area contributed by atoms with E-state index in [4.69, 9.17) is 14.5 Å².